The molecule has 20 heavy (non-hydrogen) atoms. The number of carbonyl (C=O) groups excluding carboxylic acids is 2. The van der Waals surface area contributed by atoms with Crippen LogP contribution in [0.5, 0.6) is 0 Å². The van der Waals surface area contributed by atoms with Crippen LogP contribution in [0, 0.1) is 11.3 Å². The van der Waals surface area contributed by atoms with Crippen LogP contribution in [0.3, 0.4) is 0 Å². The number of carboxylic acid groups (broad SMARTS) is 1. The fourth-order valence-corrected chi connectivity index (χ4v) is 1.77. The molecule has 0 aromatic carbocycles. The van der Waals surface area contributed by atoms with Gasteiger partial charge in [-0.05, 0) is 6.42 Å². The van der Waals surface area contributed by atoms with E-state index in [1.165, 1.54) is 0 Å². The van der Waals surface area contributed by atoms with Gasteiger partial charge in [0.2, 0.25) is 5.91 Å². The Hall–Kier alpha value is -1.75. The monoisotopic (exact) mass is 335 g/mol. The van der Waals surface area contributed by atoms with Crippen LogP contribution < -0.4 is 16.0 Å². The van der Waals surface area contributed by atoms with Gasteiger partial charge in [0.05, 0.1) is 5.02 Å². The fraction of sp³-hybridized carbons (Fsp3) is 0.200. The first-order valence-electron chi connectivity index (χ1n) is 5.06. The lowest BCUT2D eigenvalue weighted by molar-refractivity contribution is -0.305. The summed E-state index contributed by atoms with van der Waals surface area (Å²) < 4.78 is 0. The highest BCUT2D eigenvalue weighted by Crippen LogP contribution is 2.34. The minimum absolute atomic E-state index is 0.0672. The number of carbonyl (C=O) groups is 2. The molecule has 0 aliphatic carbocycles. The summed E-state index contributed by atoms with van der Waals surface area (Å²) in [4.78, 5) is 25.2. The van der Waals surface area contributed by atoms with Gasteiger partial charge in [-0.25, -0.2) is 4.98 Å². The molecular formula is C10H6Cl3N4O3-. The van der Waals surface area contributed by atoms with E-state index in [0.29, 0.717) is 0 Å². The summed E-state index contributed by atoms with van der Waals surface area (Å²) >= 11 is 17.4. The second-order valence-electron chi connectivity index (χ2n) is 3.41. The average molecular weight is 337 g/mol. The molecule has 1 aromatic rings. The Morgan fingerprint density at radius 2 is 1.90 bits per heavy atom. The van der Waals surface area contributed by atoms with Crippen LogP contribution in [0.25, 0.3) is 0 Å². The lowest BCUT2D eigenvalue weighted by Crippen LogP contribution is -2.32. The molecule has 1 amide bonds. The molecule has 1 rings (SSSR count). The molecule has 0 unspecified atom stereocenters. The Morgan fingerprint density at radius 3 is 2.45 bits per heavy atom. The van der Waals surface area contributed by atoms with Crippen molar-refractivity contribution in [3.05, 3.63) is 20.8 Å². The Kier molecular flexibility index (Phi) is 5.82. The van der Waals surface area contributed by atoms with E-state index in [1.54, 1.807) is 6.07 Å². The number of halogens is 3. The number of anilines is 1. The number of aromatic nitrogens is 1. The van der Waals surface area contributed by atoms with Gasteiger partial charge in [0.25, 0.3) is 0 Å². The maximum absolute atomic E-state index is 11.3. The normalized spacial score (nSPS) is 9.70. The third-order valence-electron chi connectivity index (χ3n) is 2.02. The summed E-state index contributed by atoms with van der Waals surface area (Å²) in [5.74, 6) is -2.04. The summed E-state index contributed by atoms with van der Waals surface area (Å²) in [6, 6.07) is 1.73. The molecule has 0 aliphatic heterocycles. The molecule has 1 heterocycles. The van der Waals surface area contributed by atoms with Crippen LogP contribution in [0.1, 0.15) is 18.4 Å². The van der Waals surface area contributed by atoms with Crippen LogP contribution in [0.15, 0.2) is 0 Å². The quantitative estimate of drug-likeness (QED) is 0.609. The SMILES string of the molecule is N#Cc1c(Cl)nc(NNC(=O)CCC(=O)[O-])c(Cl)c1Cl. The molecule has 0 atom stereocenters. The summed E-state index contributed by atoms with van der Waals surface area (Å²) in [7, 11) is 0. The third-order valence-corrected chi connectivity index (χ3v) is 3.14. The van der Waals surface area contributed by atoms with Crippen LogP contribution in [0.2, 0.25) is 15.2 Å². The van der Waals surface area contributed by atoms with E-state index in [4.69, 9.17) is 40.1 Å². The maximum Gasteiger partial charge on any atom is 0.238 e. The van der Waals surface area contributed by atoms with Crippen molar-refractivity contribution in [2.75, 3.05) is 5.43 Å². The zero-order valence-electron chi connectivity index (χ0n) is 9.67. The number of nitriles is 1. The summed E-state index contributed by atoms with van der Waals surface area (Å²) in [5, 5.41) is 18.6. The molecule has 0 bridgehead atoms. The van der Waals surface area contributed by atoms with Crippen molar-refractivity contribution in [2.24, 2.45) is 0 Å². The van der Waals surface area contributed by atoms with E-state index in [9.17, 15) is 14.7 Å². The molecule has 0 radical (unpaired) electrons. The highest BCUT2D eigenvalue weighted by Gasteiger charge is 2.16. The molecule has 0 saturated carbocycles. The van der Waals surface area contributed by atoms with Crippen molar-refractivity contribution in [2.45, 2.75) is 12.8 Å². The Bertz CT molecular complexity index is 600. The predicted octanol–water partition coefficient (Wildman–Crippen LogP) is 0.887. The first-order valence-corrected chi connectivity index (χ1v) is 6.19. The van der Waals surface area contributed by atoms with Gasteiger partial charge in [-0.1, -0.05) is 34.8 Å². The van der Waals surface area contributed by atoms with Crippen LogP contribution in [-0.4, -0.2) is 16.9 Å². The van der Waals surface area contributed by atoms with Gasteiger partial charge in [-0.3, -0.25) is 15.6 Å². The molecule has 0 spiro atoms. The highest BCUT2D eigenvalue weighted by atomic mass is 35.5. The first-order chi connectivity index (χ1) is 9.36. The number of hydrazine groups is 1. The fourth-order valence-electron chi connectivity index (χ4n) is 1.09. The highest BCUT2D eigenvalue weighted by molar-refractivity contribution is 6.45. The molecule has 7 nitrogen and oxygen atoms in total. The smallest absolute Gasteiger partial charge is 0.238 e. The van der Waals surface area contributed by atoms with Crippen molar-refractivity contribution in [1.29, 1.82) is 5.26 Å². The second kappa shape index (κ2) is 7.14. The molecule has 0 saturated heterocycles. The van der Waals surface area contributed by atoms with Gasteiger partial charge in [0.15, 0.2) is 11.0 Å². The van der Waals surface area contributed by atoms with Gasteiger partial charge < -0.3 is 9.90 Å². The number of hydrogen-bond acceptors (Lipinski definition) is 6. The summed E-state index contributed by atoms with van der Waals surface area (Å²) in [6.07, 6.45) is -0.714. The largest absolute Gasteiger partial charge is 0.550 e. The predicted molar refractivity (Wildman–Crippen MR) is 70.0 cm³/mol. The number of nitrogens with one attached hydrogen (secondary N) is 2. The summed E-state index contributed by atoms with van der Waals surface area (Å²) in [6.45, 7) is 0. The third kappa shape index (κ3) is 4.13. The molecule has 106 valence electrons. The van der Waals surface area contributed by atoms with Gasteiger partial charge in [-0.15, -0.1) is 0 Å². The number of hydrogen-bond donors (Lipinski definition) is 2. The lowest BCUT2D eigenvalue weighted by Gasteiger charge is -2.11. The van der Waals surface area contributed by atoms with Crippen molar-refractivity contribution in [3.8, 4) is 6.07 Å². The van der Waals surface area contributed by atoms with Crippen molar-refractivity contribution >= 4 is 52.5 Å². The zero-order chi connectivity index (χ0) is 15.3. The molecule has 0 aliphatic rings. The number of carboxylic acids is 1. The number of pyridine rings is 1. The number of amides is 1. The average Bonchev–Trinajstić information content (AvgIpc) is 2.39. The Morgan fingerprint density at radius 1 is 1.25 bits per heavy atom. The molecular weight excluding hydrogens is 330 g/mol. The number of aliphatic carboxylic acids is 1. The minimum atomic E-state index is -1.35. The number of rotatable bonds is 5. The van der Waals surface area contributed by atoms with E-state index < -0.39 is 18.3 Å². The van der Waals surface area contributed by atoms with E-state index in [-0.39, 0.29) is 33.0 Å². The maximum atomic E-state index is 11.3. The van der Waals surface area contributed by atoms with Gasteiger partial charge in [-0.2, -0.15) is 5.26 Å². The Balaban J connectivity index is 2.77. The van der Waals surface area contributed by atoms with E-state index in [1.807, 2.05) is 0 Å². The van der Waals surface area contributed by atoms with Gasteiger partial charge >= 0.3 is 0 Å². The van der Waals surface area contributed by atoms with Crippen molar-refractivity contribution in [1.82, 2.24) is 10.4 Å². The molecule has 1 aromatic heterocycles. The van der Waals surface area contributed by atoms with Crippen LogP contribution in [0.4, 0.5) is 5.82 Å². The first kappa shape index (κ1) is 16.3. The topological polar surface area (TPSA) is 118 Å². The molecule has 10 heteroatoms. The summed E-state index contributed by atoms with van der Waals surface area (Å²) in [5.41, 5.74) is 4.40. The van der Waals surface area contributed by atoms with Crippen molar-refractivity contribution < 1.29 is 14.7 Å². The van der Waals surface area contributed by atoms with Gasteiger partial charge in [0.1, 0.15) is 16.7 Å². The van der Waals surface area contributed by atoms with Gasteiger partial charge in [0, 0.05) is 12.4 Å². The second-order valence-corrected chi connectivity index (χ2v) is 4.53. The Labute approximate surface area is 128 Å². The van der Waals surface area contributed by atoms with Crippen LogP contribution in [-0.2, 0) is 9.59 Å². The van der Waals surface area contributed by atoms with E-state index in [0.717, 1.165) is 0 Å². The van der Waals surface area contributed by atoms with Crippen LogP contribution >= 0.6 is 34.8 Å². The zero-order valence-corrected chi connectivity index (χ0v) is 11.9. The molecule has 0 fully saturated rings. The van der Waals surface area contributed by atoms with Crippen molar-refractivity contribution in [3.63, 3.8) is 0 Å². The molecule has 2 N–H and O–H groups in total. The lowest BCUT2D eigenvalue weighted by atomic mass is 10.3. The van der Waals surface area contributed by atoms with E-state index in [2.05, 4.69) is 15.8 Å². The standard InChI is InChI=1S/C10H7Cl3N4O3/c11-7-4(3-14)9(13)15-10(8(7)12)17-16-5(18)1-2-6(19)20/h1-2H2,(H,15,17)(H,16,18)(H,19,20)/p-1. The minimum Gasteiger partial charge on any atom is -0.550 e. The number of nitrogens with zero attached hydrogens (tertiary/aromatic N) is 2. The van der Waals surface area contributed by atoms with E-state index >= 15 is 0 Å².